The molecule has 1 fully saturated rings. The van der Waals surface area contributed by atoms with E-state index in [1.807, 2.05) is 0 Å². The van der Waals surface area contributed by atoms with Crippen molar-refractivity contribution in [1.82, 2.24) is 0 Å². The van der Waals surface area contributed by atoms with Crippen molar-refractivity contribution in [3.05, 3.63) is 35.4 Å². The number of ether oxygens (including phenoxy) is 1. The van der Waals surface area contributed by atoms with Gasteiger partial charge in [-0.05, 0) is 24.5 Å². The average molecular weight is 260 g/mol. The molecule has 2 rings (SSSR count). The van der Waals surface area contributed by atoms with Crippen LogP contribution in [0.15, 0.2) is 24.3 Å². The van der Waals surface area contributed by atoms with Crippen LogP contribution in [0.2, 0.25) is 0 Å². The molecule has 6 heteroatoms. The molecule has 0 spiro atoms. The fraction of sp³-hybridized carbons (Fsp3) is 0.417. The molecule has 1 saturated heterocycles. The van der Waals surface area contributed by atoms with Crippen LogP contribution in [0.5, 0.6) is 0 Å². The van der Waals surface area contributed by atoms with Gasteiger partial charge in [0.25, 0.3) is 0 Å². The molecule has 2 atom stereocenters. The Balaban J connectivity index is 2.27. The first kappa shape index (κ1) is 12.9. The number of aliphatic carboxylic acids is 1. The highest BCUT2D eigenvalue weighted by molar-refractivity contribution is 5.72. The lowest BCUT2D eigenvalue weighted by Gasteiger charge is -2.17. The maximum Gasteiger partial charge on any atom is 0.416 e. The second-order valence-electron chi connectivity index (χ2n) is 4.11. The summed E-state index contributed by atoms with van der Waals surface area (Å²) in [6, 6.07) is 5.10. The zero-order valence-corrected chi connectivity index (χ0v) is 9.28. The van der Waals surface area contributed by atoms with Crippen molar-refractivity contribution in [1.29, 1.82) is 0 Å². The van der Waals surface area contributed by atoms with Crippen molar-refractivity contribution in [2.75, 3.05) is 0 Å². The van der Waals surface area contributed by atoms with Crippen LogP contribution < -0.4 is 0 Å². The summed E-state index contributed by atoms with van der Waals surface area (Å²) in [5.41, 5.74) is -0.755. The lowest BCUT2D eigenvalue weighted by Crippen LogP contribution is -2.19. The Morgan fingerprint density at radius 1 is 1.28 bits per heavy atom. The van der Waals surface area contributed by atoms with Crippen LogP contribution in [0.25, 0.3) is 0 Å². The summed E-state index contributed by atoms with van der Waals surface area (Å²) in [6.45, 7) is 0. The van der Waals surface area contributed by atoms with Gasteiger partial charge < -0.3 is 9.84 Å². The summed E-state index contributed by atoms with van der Waals surface area (Å²) in [5, 5.41) is 8.76. The molecule has 1 aromatic carbocycles. The first-order valence-electron chi connectivity index (χ1n) is 5.44. The number of benzene rings is 1. The van der Waals surface area contributed by atoms with Crippen LogP contribution in [0.3, 0.4) is 0 Å². The quantitative estimate of drug-likeness (QED) is 0.889. The van der Waals surface area contributed by atoms with Crippen LogP contribution in [0, 0.1) is 0 Å². The fourth-order valence-corrected chi connectivity index (χ4v) is 2.08. The van der Waals surface area contributed by atoms with Crippen molar-refractivity contribution >= 4 is 5.97 Å². The molecule has 0 saturated carbocycles. The zero-order valence-electron chi connectivity index (χ0n) is 9.28. The summed E-state index contributed by atoms with van der Waals surface area (Å²) >= 11 is 0. The lowest BCUT2D eigenvalue weighted by molar-refractivity contribution is -0.150. The van der Waals surface area contributed by atoms with Gasteiger partial charge in [-0.1, -0.05) is 18.2 Å². The largest absolute Gasteiger partial charge is 0.479 e. The number of hydrogen-bond acceptors (Lipinski definition) is 2. The van der Waals surface area contributed by atoms with E-state index < -0.39 is 29.9 Å². The molecule has 98 valence electrons. The van der Waals surface area contributed by atoms with E-state index in [0.717, 1.165) is 6.07 Å². The summed E-state index contributed by atoms with van der Waals surface area (Å²) < 4.78 is 43.5. The summed E-state index contributed by atoms with van der Waals surface area (Å²) in [4.78, 5) is 10.7. The Morgan fingerprint density at radius 3 is 2.50 bits per heavy atom. The Hall–Kier alpha value is -1.56. The minimum absolute atomic E-state index is 0.00810. The zero-order chi connectivity index (χ0) is 13.3. The Labute approximate surface area is 101 Å². The number of alkyl halides is 3. The summed E-state index contributed by atoms with van der Waals surface area (Å²) in [5.74, 6) is -1.14. The van der Waals surface area contributed by atoms with Gasteiger partial charge in [0.15, 0.2) is 6.10 Å². The fourth-order valence-electron chi connectivity index (χ4n) is 2.08. The predicted octanol–water partition coefficient (Wildman–Crippen LogP) is 3.01. The number of rotatable bonds is 2. The molecule has 1 N–H and O–H groups in total. The van der Waals surface area contributed by atoms with Gasteiger partial charge in [-0.15, -0.1) is 0 Å². The second-order valence-corrected chi connectivity index (χ2v) is 4.11. The third kappa shape index (κ3) is 2.48. The summed E-state index contributed by atoms with van der Waals surface area (Å²) in [7, 11) is 0. The van der Waals surface area contributed by atoms with E-state index in [0.29, 0.717) is 0 Å². The standard InChI is InChI=1S/C12H11F3O3/c13-12(14,15)8-4-2-1-3-7(8)9-5-6-10(18-9)11(16)17/h1-4,9-10H,5-6H2,(H,16,17)/t9-,10+/m0/s1. The minimum atomic E-state index is -4.46. The first-order valence-corrected chi connectivity index (χ1v) is 5.44. The van der Waals surface area contributed by atoms with Gasteiger partial charge in [-0.2, -0.15) is 13.2 Å². The molecule has 0 unspecified atom stereocenters. The molecule has 0 aromatic heterocycles. The normalized spacial score (nSPS) is 24.2. The van der Waals surface area contributed by atoms with Gasteiger partial charge in [0.2, 0.25) is 0 Å². The maximum absolute atomic E-state index is 12.8. The Morgan fingerprint density at radius 2 is 1.94 bits per heavy atom. The van der Waals surface area contributed by atoms with E-state index in [1.165, 1.54) is 18.2 Å². The van der Waals surface area contributed by atoms with Crippen LogP contribution in [-0.4, -0.2) is 17.2 Å². The van der Waals surface area contributed by atoms with Crippen molar-refractivity contribution in [2.24, 2.45) is 0 Å². The number of carboxylic acid groups (broad SMARTS) is 1. The molecule has 18 heavy (non-hydrogen) atoms. The highest BCUT2D eigenvalue weighted by Crippen LogP contribution is 2.40. The average Bonchev–Trinajstić information content (AvgIpc) is 2.77. The van der Waals surface area contributed by atoms with E-state index >= 15 is 0 Å². The summed E-state index contributed by atoms with van der Waals surface area (Å²) in [6.07, 6.45) is -5.77. The first-order chi connectivity index (χ1) is 8.39. The van der Waals surface area contributed by atoms with Gasteiger partial charge in [0.1, 0.15) is 0 Å². The van der Waals surface area contributed by atoms with Crippen LogP contribution in [0.1, 0.15) is 30.1 Å². The SMILES string of the molecule is O=C(O)[C@H]1CC[C@@H](c2ccccc2C(F)(F)F)O1. The molecule has 3 nitrogen and oxygen atoms in total. The van der Waals surface area contributed by atoms with Crippen LogP contribution in [-0.2, 0) is 15.7 Å². The minimum Gasteiger partial charge on any atom is -0.479 e. The van der Waals surface area contributed by atoms with E-state index in [9.17, 15) is 18.0 Å². The van der Waals surface area contributed by atoms with Crippen molar-refractivity contribution in [2.45, 2.75) is 31.2 Å². The maximum atomic E-state index is 12.8. The lowest BCUT2D eigenvalue weighted by atomic mass is 10.00. The van der Waals surface area contributed by atoms with Crippen molar-refractivity contribution < 1.29 is 27.8 Å². The molecule has 0 bridgehead atoms. The van der Waals surface area contributed by atoms with Gasteiger partial charge in [0, 0.05) is 0 Å². The van der Waals surface area contributed by atoms with Gasteiger partial charge in [-0.25, -0.2) is 4.79 Å². The molecule has 1 aliphatic heterocycles. The van der Waals surface area contributed by atoms with Crippen molar-refractivity contribution in [3.8, 4) is 0 Å². The molecular weight excluding hydrogens is 249 g/mol. The number of carboxylic acids is 1. The number of halogens is 3. The number of hydrogen-bond donors (Lipinski definition) is 1. The predicted molar refractivity (Wildman–Crippen MR) is 55.9 cm³/mol. The molecule has 0 amide bonds. The number of carbonyl (C=O) groups is 1. The molecule has 1 aromatic rings. The second kappa shape index (κ2) is 4.61. The smallest absolute Gasteiger partial charge is 0.416 e. The molecule has 1 aliphatic rings. The highest BCUT2D eigenvalue weighted by Gasteiger charge is 2.38. The Bertz CT molecular complexity index is 456. The topological polar surface area (TPSA) is 46.5 Å². The van der Waals surface area contributed by atoms with Gasteiger partial charge in [0.05, 0.1) is 11.7 Å². The van der Waals surface area contributed by atoms with Crippen molar-refractivity contribution in [3.63, 3.8) is 0 Å². The molecule has 0 radical (unpaired) electrons. The third-order valence-electron chi connectivity index (χ3n) is 2.91. The van der Waals surface area contributed by atoms with E-state index in [1.54, 1.807) is 0 Å². The van der Waals surface area contributed by atoms with E-state index in [-0.39, 0.29) is 18.4 Å². The third-order valence-corrected chi connectivity index (χ3v) is 2.91. The van der Waals surface area contributed by atoms with Gasteiger partial charge in [-0.3, -0.25) is 0 Å². The van der Waals surface area contributed by atoms with Crippen LogP contribution in [0.4, 0.5) is 13.2 Å². The van der Waals surface area contributed by atoms with E-state index in [4.69, 9.17) is 9.84 Å². The van der Waals surface area contributed by atoms with E-state index in [2.05, 4.69) is 0 Å². The monoisotopic (exact) mass is 260 g/mol. The van der Waals surface area contributed by atoms with Crippen LogP contribution >= 0.6 is 0 Å². The Kier molecular flexibility index (Phi) is 3.30. The highest BCUT2D eigenvalue weighted by atomic mass is 19.4. The molecular formula is C12H11F3O3. The molecule has 1 heterocycles. The van der Waals surface area contributed by atoms with Gasteiger partial charge >= 0.3 is 12.1 Å². The molecule has 0 aliphatic carbocycles.